The van der Waals surface area contributed by atoms with Crippen LogP contribution in [0.25, 0.3) is 27.7 Å². The van der Waals surface area contributed by atoms with Crippen LogP contribution in [0.2, 0.25) is 0 Å². The van der Waals surface area contributed by atoms with Crippen molar-refractivity contribution < 1.29 is 18.7 Å². The average Bonchev–Trinajstić information content (AvgIpc) is 3.25. The Morgan fingerprint density at radius 2 is 1.79 bits per heavy atom. The molecule has 4 rings (SSSR count). The Morgan fingerprint density at radius 1 is 1.00 bits per heavy atom. The fraction of sp³-hybridized carbons (Fsp3) is 0.207. The summed E-state index contributed by atoms with van der Waals surface area (Å²) in [6.45, 7) is 7.86. The van der Waals surface area contributed by atoms with Crippen LogP contribution in [-0.2, 0) is 4.79 Å². The number of rotatable bonds is 6. The van der Waals surface area contributed by atoms with E-state index in [9.17, 15) is 4.79 Å². The van der Waals surface area contributed by atoms with E-state index in [0.717, 1.165) is 61.4 Å². The van der Waals surface area contributed by atoms with E-state index in [1.54, 1.807) is 26.6 Å². The largest absolute Gasteiger partial charge is 0.497 e. The van der Waals surface area contributed by atoms with Crippen molar-refractivity contribution >= 4 is 28.1 Å². The zero-order valence-electron chi connectivity index (χ0n) is 20.4. The van der Waals surface area contributed by atoms with Crippen molar-refractivity contribution in [3.05, 3.63) is 83.1 Å². The molecule has 1 aromatic heterocycles. The normalized spacial score (nSPS) is 11.5. The molecule has 1 amide bonds. The molecule has 0 spiro atoms. The van der Waals surface area contributed by atoms with Crippen LogP contribution in [0.15, 0.2) is 65.3 Å². The number of fused-ring (bicyclic) bond motifs is 1. The summed E-state index contributed by atoms with van der Waals surface area (Å²) in [5.74, 6) is 1.27. The second kappa shape index (κ2) is 9.48. The molecule has 1 heterocycles. The average molecular weight is 456 g/mol. The third-order valence-corrected chi connectivity index (χ3v) is 6.05. The Labute approximate surface area is 200 Å². The molecule has 5 nitrogen and oxygen atoms in total. The van der Waals surface area contributed by atoms with Crippen LogP contribution in [-0.4, -0.2) is 20.1 Å². The number of nitrogens with one attached hydrogen (secondary N) is 1. The number of aryl methyl sites for hydroxylation is 3. The minimum atomic E-state index is -0.189. The summed E-state index contributed by atoms with van der Waals surface area (Å²) in [5.41, 5.74) is 8.13. The summed E-state index contributed by atoms with van der Waals surface area (Å²) in [6.07, 6.45) is 3.36. The molecule has 0 atom stereocenters. The van der Waals surface area contributed by atoms with Crippen molar-refractivity contribution in [3.8, 4) is 22.6 Å². The third-order valence-electron chi connectivity index (χ3n) is 6.05. The van der Waals surface area contributed by atoms with Crippen molar-refractivity contribution in [1.82, 2.24) is 0 Å². The molecule has 0 fully saturated rings. The molecule has 0 radical (unpaired) electrons. The summed E-state index contributed by atoms with van der Waals surface area (Å²) in [7, 11) is 3.28. The maximum absolute atomic E-state index is 12.9. The number of methoxy groups -OCH3 is 2. The van der Waals surface area contributed by atoms with E-state index in [4.69, 9.17) is 13.9 Å². The van der Waals surface area contributed by atoms with Gasteiger partial charge in [-0.3, -0.25) is 4.79 Å². The SMILES string of the molecule is COc1cccc(-c2coc3c(C)c(OC)c(/C(C)=C/C(=O)Nc4cc(C)ccc4C)cc23)c1. The van der Waals surface area contributed by atoms with Crippen LogP contribution in [0.3, 0.4) is 0 Å². The number of anilines is 1. The summed E-state index contributed by atoms with van der Waals surface area (Å²) >= 11 is 0. The van der Waals surface area contributed by atoms with E-state index in [1.807, 2.05) is 76.2 Å². The van der Waals surface area contributed by atoms with Crippen LogP contribution in [0, 0.1) is 20.8 Å². The number of hydrogen-bond acceptors (Lipinski definition) is 4. The highest BCUT2D eigenvalue weighted by atomic mass is 16.5. The highest BCUT2D eigenvalue weighted by Crippen LogP contribution is 2.41. The molecular formula is C29H29NO4. The molecular weight excluding hydrogens is 426 g/mol. The number of hydrogen-bond donors (Lipinski definition) is 1. The summed E-state index contributed by atoms with van der Waals surface area (Å²) in [5, 5.41) is 3.95. The predicted octanol–water partition coefficient (Wildman–Crippen LogP) is 7.08. The molecule has 34 heavy (non-hydrogen) atoms. The first-order valence-electron chi connectivity index (χ1n) is 11.1. The number of amides is 1. The fourth-order valence-electron chi connectivity index (χ4n) is 4.20. The van der Waals surface area contributed by atoms with Gasteiger partial charge in [-0.05, 0) is 74.2 Å². The number of benzene rings is 3. The van der Waals surface area contributed by atoms with Gasteiger partial charge in [-0.1, -0.05) is 24.3 Å². The standard InChI is InChI=1S/C29H29NO4/c1-17-10-11-18(2)26(12-17)30-27(31)13-19(3)23-15-24-25(21-8-7-9-22(14-21)32-5)16-34-29(24)20(4)28(23)33-6/h7-16H,1-6H3,(H,30,31)/b19-13+. The minimum absolute atomic E-state index is 0.189. The van der Waals surface area contributed by atoms with Gasteiger partial charge in [0.2, 0.25) is 5.91 Å². The molecule has 0 unspecified atom stereocenters. The predicted molar refractivity (Wildman–Crippen MR) is 138 cm³/mol. The molecule has 1 N–H and O–H groups in total. The van der Waals surface area contributed by atoms with Crippen molar-refractivity contribution in [3.63, 3.8) is 0 Å². The molecule has 174 valence electrons. The van der Waals surface area contributed by atoms with E-state index in [1.165, 1.54) is 0 Å². The highest BCUT2D eigenvalue weighted by molar-refractivity contribution is 6.06. The molecule has 4 aromatic rings. The lowest BCUT2D eigenvalue weighted by Gasteiger charge is -2.14. The Hall–Kier alpha value is -3.99. The highest BCUT2D eigenvalue weighted by Gasteiger charge is 2.19. The first kappa shape index (κ1) is 23.2. The Kier molecular flexibility index (Phi) is 6.46. The van der Waals surface area contributed by atoms with Gasteiger partial charge in [0, 0.05) is 33.8 Å². The van der Waals surface area contributed by atoms with Gasteiger partial charge < -0.3 is 19.2 Å². The molecule has 0 saturated carbocycles. The van der Waals surface area contributed by atoms with Crippen molar-refractivity contribution in [2.75, 3.05) is 19.5 Å². The van der Waals surface area contributed by atoms with Crippen molar-refractivity contribution in [2.45, 2.75) is 27.7 Å². The van der Waals surface area contributed by atoms with Gasteiger partial charge in [0.25, 0.3) is 0 Å². The zero-order chi connectivity index (χ0) is 24.4. The minimum Gasteiger partial charge on any atom is -0.497 e. The maximum atomic E-state index is 12.9. The van der Waals surface area contributed by atoms with Crippen LogP contribution in [0.4, 0.5) is 5.69 Å². The molecule has 0 saturated heterocycles. The second-order valence-electron chi connectivity index (χ2n) is 8.48. The van der Waals surface area contributed by atoms with E-state index in [2.05, 4.69) is 5.32 Å². The monoisotopic (exact) mass is 455 g/mol. The number of furan rings is 1. The van der Waals surface area contributed by atoms with E-state index in [-0.39, 0.29) is 5.91 Å². The molecule has 0 bridgehead atoms. The van der Waals surface area contributed by atoms with Crippen LogP contribution in [0.1, 0.15) is 29.2 Å². The molecule has 0 aliphatic rings. The van der Waals surface area contributed by atoms with Gasteiger partial charge in [-0.2, -0.15) is 0 Å². The van der Waals surface area contributed by atoms with Gasteiger partial charge in [0.05, 0.1) is 20.5 Å². The summed E-state index contributed by atoms with van der Waals surface area (Å²) in [6, 6.07) is 15.9. The number of allylic oxidation sites excluding steroid dienone is 1. The topological polar surface area (TPSA) is 60.7 Å². The number of carbonyl (C=O) groups is 1. The Balaban J connectivity index is 1.77. The first-order valence-corrected chi connectivity index (χ1v) is 11.1. The first-order chi connectivity index (χ1) is 16.3. The van der Waals surface area contributed by atoms with E-state index in [0.29, 0.717) is 5.75 Å². The van der Waals surface area contributed by atoms with E-state index < -0.39 is 0 Å². The number of carbonyl (C=O) groups excluding carboxylic acids is 1. The lowest BCUT2D eigenvalue weighted by molar-refractivity contribution is -0.111. The smallest absolute Gasteiger partial charge is 0.248 e. The lowest BCUT2D eigenvalue weighted by atomic mass is 9.96. The summed E-state index contributed by atoms with van der Waals surface area (Å²) < 4.78 is 17.1. The molecule has 3 aromatic carbocycles. The van der Waals surface area contributed by atoms with Crippen molar-refractivity contribution in [2.24, 2.45) is 0 Å². The van der Waals surface area contributed by atoms with Crippen LogP contribution in [0.5, 0.6) is 11.5 Å². The van der Waals surface area contributed by atoms with Gasteiger partial charge in [-0.15, -0.1) is 0 Å². The van der Waals surface area contributed by atoms with Crippen LogP contribution >= 0.6 is 0 Å². The third kappa shape index (κ3) is 4.42. The van der Waals surface area contributed by atoms with Gasteiger partial charge in [0.15, 0.2) is 0 Å². The van der Waals surface area contributed by atoms with E-state index >= 15 is 0 Å². The zero-order valence-corrected chi connectivity index (χ0v) is 20.4. The number of ether oxygens (including phenoxy) is 2. The van der Waals surface area contributed by atoms with Gasteiger partial charge in [-0.25, -0.2) is 0 Å². The molecule has 5 heteroatoms. The quantitative estimate of drug-likeness (QED) is 0.316. The Bertz CT molecular complexity index is 1410. The molecule has 0 aliphatic heterocycles. The maximum Gasteiger partial charge on any atom is 0.248 e. The Morgan fingerprint density at radius 3 is 2.53 bits per heavy atom. The second-order valence-corrected chi connectivity index (χ2v) is 8.48. The van der Waals surface area contributed by atoms with Crippen LogP contribution < -0.4 is 14.8 Å². The molecule has 0 aliphatic carbocycles. The fourth-order valence-corrected chi connectivity index (χ4v) is 4.20. The van der Waals surface area contributed by atoms with Gasteiger partial charge >= 0.3 is 0 Å². The lowest BCUT2D eigenvalue weighted by Crippen LogP contribution is -2.10. The van der Waals surface area contributed by atoms with Gasteiger partial charge in [0.1, 0.15) is 17.1 Å². The van der Waals surface area contributed by atoms with Crippen molar-refractivity contribution in [1.29, 1.82) is 0 Å². The summed E-state index contributed by atoms with van der Waals surface area (Å²) in [4.78, 5) is 12.9.